The van der Waals surface area contributed by atoms with Gasteiger partial charge in [-0.1, -0.05) is 24.3 Å². The average molecular weight is 444 g/mol. The van der Waals surface area contributed by atoms with Gasteiger partial charge in [0.1, 0.15) is 5.65 Å². The van der Waals surface area contributed by atoms with E-state index in [0.717, 1.165) is 29.2 Å². The Hall–Kier alpha value is -3.32. The van der Waals surface area contributed by atoms with E-state index in [4.69, 9.17) is 11.6 Å². The van der Waals surface area contributed by atoms with Gasteiger partial charge in [0.15, 0.2) is 0 Å². The molecule has 158 valence electrons. The third-order valence-corrected chi connectivity index (χ3v) is 5.29. The molecule has 0 aliphatic rings. The fourth-order valence-corrected chi connectivity index (χ4v) is 3.53. The number of nitrogens with one attached hydrogen (secondary N) is 1. The molecule has 0 fully saturated rings. The number of imidazole rings is 1. The number of halogens is 4. The van der Waals surface area contributed by atoms with Crippen LogP contribution in [-0.2, 0) is 12.1 Å². The SMILES string of the molecule is Cc1c(CCl)nc2ccc(NC(=O)c3ccc(-c4ccc(C(F)(F)F)cc4)cc3)cn12. The van der Waals surface area contributed by atoms with Crippen molar-refractivity contribution in [2.75, 3.05) is 5.32 Å². The summed E-state index contributed by atoms with van der Waals surface area (Å²) in [4.78, 5) is 17.0. The molecule has 0 aliphatic carbocycles. The van der Waals surface area contributed by atoms with Gasteiger partial charge < -0.3 is 9.72 Å². The minimum absolute atomic E-state index is 0.298. The van der Waals surface area contributed by atoms with Crippen molar-refractivity contribution in [1.29, 1.82) is 0 Å². The fraction of sp³-hybridized carbons (Fsp3) is 0.130. The van der Waals surface area contributed by atoms with Crippen LogP contribution in [0.15, 0.2) is 66.9 Å². The quantitative estimate of drug-likeness (QED) is 0.375. The minimum atomic E-state index is -4.37. The molecule has 0 atom stereocenters. The van der Waals surface area contributed by atoms with Crippen molar-refractivity contribution in [2.24, 2.45) is 0 Å². The summed E-state index contributed by atoms with van der Waals surface area (Å²) >= 11 is 5.90. The fourth-order valence-electron chi connectivity index (χ4n) is 3.28. The summed E-state index contributed by atoms with van der Waals surface area (Å²) in [7, 11) is 0. The van der Waals surface area contributed by atoms with Crippen LogP contribution < -0.4 is 5.32 Å². The number of fused-ring (bicyclic) bond motifs is 1. The van der Waals surface area contributed by atoms with Gasteiger partial charge in [-0.2, -0.15) is 13.2 Å². The zero-order valence-corrected chi connectivity index (χ0v) is 17.1. The maximum Gasteiger partial charge on any atom is 0.416 e. The molecule has 0 spiro atoms. The summed E-state index contributed by atoms with van der Waals surface area (Å²) in [5.74, 6) is 0.00850. The van der Waals surface area contributed by atoms with Gasteiger partial charge in [0, 0.05) is 17.5 Å². The van der Waals surface area contributed by atoms with Crippen molar-refractivity contribution in [2.45, 2.75) is 19.0 Å². The Kier molecular flexibility index (Phi) is 5.45. The van der Waals surface area contributed by atoms with Crippen LogP contribution in [0.3, 0.4) is 0 Å². The predicted molar refractivity (Wildman–Crippen MR) is 114 cm³/mol. The highest BCUT2D eigenvalue weighted by Gasteiger charge is 2.29. The Morgan fingerprint density at radius 1 is 1.00 bits per heavy atom. The van der Waals surface area contributed by atoms with Gasteiger partial charge in [0.2, 0.25) is 0 Å². The average Bonchev–Trinajstić information content (AvgIpc) is 3.08. The first-order valence-electron chi connectivity index (χ1n) is 9.39. The maximum absolute atomic E-state index is 12.7. The molecule has 1 amide bonds. The number of hydrogen-bond donors (Lipinski definition) is 1. The van der Waals surface area contributed by atoms with E-state index < -0.39 is 11.7 Å². The lowest BCUT2D eigenvalue weighted by atomic mass is 10.0. The monoisotopic (exact) mass is 443 g/mol. The molecule has 0 saturated heterocycles. The second-order valence-electron chi connectivity index (χ2n) is 7.03. The molecular weight excluding hydrogens is 427 g/mol. The molecule has 2 aromatic heterocycles. The maximum atomic E-state index is 12.7. The first-order chi connectivity index (χ1) is 14.8. The summed E-state index contributed by atoms with van der Waals surface area (Å²) < 4.78 is 40.0. The summed E-state index contributed by atoms with van der Waals surface area (Å²) in [5, 5.41) is 2.84. The molecule has 4 aromatic rings. The van der Waals surface area contributed by atoms with Crippen molar-refractivity contribution in [3.8, 4) is 11.1 Å². The second-order valence-corrected chi connectivity index (χ2v) is 7.30. The highest BCUT2D eigenvalue weighted by molar-refractivity contribution is 6.17. The van der Waals surface area contributed by atoms with E-state index in [1.54, 1.807) is 42.6 Å². The van der Waals surface area contributed by atoms with Gasteiger partial charge in [-0.15, -0.1) is 11.6 Å². The van der Waals surface area contributed by atoms with Gasteiger partial charge in [-0.25, -0.2) is 4.98 Å². The molecule has 2 heterocycles. The zero-order chi connectivity index (χ0) is 22.2. The van der Waals surface area contributed by atoms with E-state index in [-0.39, 0.29) is 5.91 Å². The first kappa shape index (κ1) is 20.9. The number of rotatable bonds is 4. The molecule has 0 unspecified atom stereocenters. The number of carbonyl (C=O) groups is 1. The van der Waals surface area contributed by atoms with E-state index >= 15 is 0 Å². The predicted octanol–water partition coefficient (Wildman–Crippen LogP) is 6.32. The van der Waals surface area contributed by atoms with Crippen molar-refractivity contribution in [3.63, 3.8) is 0 Å². The van der Waals surface area contributed by atoms with Gasteiger partial charge in [0.05, 0.1) is 22.8 Å². The Morgan fingerprint density at radius 2 is 1.61 bits per heavy atom. The van der Waals surface area contributed by atoms with Crippen LogP contribution in [0.4, 0.5) is 18.9 Å². The van der Waals surface area contributed by atoms with Gasteiger partial charge >= 0.3 is 6.18 Å². The first-order valence-corrected chi connectivity index (χ1v) is 9.92. The van der Waals surface area contributed by atoms with Gasteiger partial charge in [0.25, 0.3) is 5.91 Å². The van der Waals surface area contributed by atoms with E-state index in [1.807, 2.05) is 11.3 Å². The van der Waals surface area contributed by atoms with Crippen LogP contribution >= 0.6 is 11.6 Å². The summed E-state index contributed by atoms with van der Waals surface area (Å²) in [6, 6.07) is 15.1. The standard InChI is InChI=1S/C23H17ClF3N3O/c1-14-20(12-24)29-21-11-10-19(13-30(14)21)28-22(31)17-4-2-15(3-5-17)16-6-8-18(9-7-16)23(25,26)27/h2-11,13H,12H2,1H3,(H,28,31). The minimum Gasteiger partial charge on any atom is -0.321 e. The van der Waals surface area contributed by atoms with Gasteiger partial charge in [-0.3, -0.25) is 4.79 Å². The van der Waals surface area contributed by atoms with Crippen molar-refractivity contribution in [1.82, 2.24) is 9.38 Å². The molecule has 0 saturated carbocycles. The van der Waals surface area contributed by atoms with E-state index in [1.165, 1.54) is 12.1 Å². The number of benzene rings is 2. The lowest BCUT2D eigenvalue weighted by Crippen LogP contribution is -2.12. The topological polar surface area (TPSA) is 46.4 Å². The molecule has 1 N–H and O–H groups in total. The molecular formula is C23H17ClF3N3O. The van der Waals surface area contributed by atoms with E-state index in [0.29, 0.717) is 28.3 Å². The molecule has 0 radical (unpaired) electrons. The molecule has 8 heteroatoms. The third kappa shape index (κ3) is 4.27. The molecule has 4 nitrogen and oxygen atoms in total. The Morgan fingerprint density at radius 3 is 2.19 bits per heavy atom. The number of carbonyl (C=O) groups excluding carboxylic acids is 1. The third-order valence-electron chi connectivity index (χ3n) is 5.03. The number of amides is 1. The van der Waals surface area contributed by atoms with Crippen LogP contribution in [0, 0.1) is 6.92 Å². The highest BCUT2D eigenvalue weighted by Crippen LogP contribution is 2.31. The second kappa shape index (κ2) is 8.07. The number of nitrogens with zero attached hydrogens (tertiary/aromatic N) is 2. The molecule has 0 aliphatic heterocycles. The van der Waals surface area contributed by atoms with Crippen LogP contribution in [0.2, 0.25) is 0 Å². The summed E-state index contributed by atoms with van der Waals surface area (Å²) in [6.07, 6.45) is -2.59. The number of hydrogen-bond acceptors (Lipinski definition) is 2. The molecule has 2 aromatic carbocycles. The van der Waals surface area contributed by atoms with Crippen molar-refractivity contribution < 1.29 is 18.0 Å². The number of pyridine rings is 1. The molecule has 4 rings (SSSR count). The molecule has 0 bridgehead atoms. The van der Waals surface area contributed by atoms with Crippen LogP contribution in [-0.4, -0.2) is 15.3 Å². The van der Waals surface area contributed by atoms with E-state index in [9.17, 15) is 18.0 Å². The van der Waals surface area contributed by atoms with Crippen LogP contribution in [0.1, 0.15) is 27.3 Å². The van der Waals surface area contributed by atoms with Crippen molar-refractivity contribution in [3.05, 3.63) is 89.4 Å². The smallest absolute Gasteiger partial charge is 0.321 e. The summed E-state index contributed by atoms with van der Waals surface area (Å²) in [6.45, 7) is 1.91. The normalized spacial score (nSPS) is 11.6. The number of anilines is 1. The van der Waals surface area contributed by atoms with Crippen molar-refractivity contribution >= 4 is 28.8 Å². The lowest BCUT2D eigenvalue weighted by Gasteiger charge is -2.09. The Bertz CT molecular complexity index is 1250. The lowest BCUT2D eigenvalue weighted by molar-refractivity contribution is -0.137. The highest BCUT2D eigenvalue weighted by atomic mass is 35.5. The van der Waals surface area contributed by atoms with Gasteiger partial charge in [-0.05, 0) is 54.4 Å². The Balaban J connectivity index is 1.51. The van der Waals surface area contributed by atoms with Crippen LogP contribution in [0.5, 0.6) is 0 Å². The number of alkyl halides is 4. The number of aryl methyl sites for hydroxylation is 1. The Labute approximate surface area is 181 Å². The zero-order valence-electron chi connectivity index (χ0n) is 16.4. The molecule has 31 heavy (non-hydrogen) atoms. The number of aromatic nitrogens is 2. The summed E-state index contributed by atoms with van der Waals surface area (Å²) in [5.41, 5.74) is 4.12. The largest absolute Gasteiger partial charge is 0.416 e. The van der Waals surface area contributed by atoms with E-state index in [2.05, 4.69) is 10.3 Å². The van der Waals surface area contributed by atoms with Crippen LogP contribution in [0.25, 0.3) is 16.8 Å².